The molecule has 2 heterocycles. The van der Waals surface area contributed by atoms with Crippen LogP contribution in [0, 0.1) is 11.8 Å². The van der Waals surface area contributed by atoms with E-state index in [-0.39, 0.29) is 0 Å². The molecule has 3 heteroatoms. The second kappa shape index (κ2) is 6.72. The van der Waals surface area contributed by atoms with Crippen LogP contribution in [0.2, 0.25) is 0 Å². The van der Waals surface area contributed by atoms with Crippen molar-refractivity contribution < 1.29 is 4.74 Å². The minimum Gasteiger partial charge on any atom is -0.381 e. The van der Waals surface area contributed by atoms with Crippen molar-refractivity contribution in [3.05, 3.63) is 0 Å². The molecule has 0 aromatic rings. The largest absolute Gasteiger partial charge is 0.381 e. The minimum atomic E-state index is 0.560. The van der Waals surface area contributed by atoms with Gasteiger partial charge in [-0.05, 0) is 44.1 Å². The Bertz CT molecular complexity index is 216. The molecule has 17 heavy (non-hydrogen) atoms. The van der Waals surface area contributed by atoms with Crippen LogP contribution < -0.4 is 5.73 Å². The van der Waals surface area contributed by atoms with Crippen LogP contribution in [-0.4, -0.2) is 43.8 Å². The van der Waals surface area contributed by atoms with Gasteiger partial charge in [0.15, 0.2) is 0 Å². The fourth-order valence-electron chi connectivity index (χ4n) is 3.44. The average molecular weight is 240 g/mol. The molecular formula is C14H28N2O. The molecule has 0 aromatic carbocycles. The molecule has 100 valence electrons. The van der Waals surface area contributed by atoms with Crippen molar-refractivity contribution in [1.29, 1.82) is 0 Å². The van der Waals surface area contributed by atoms with Crippen molar-refractivity contribution >= 4 is 0 Å². The summed E-state index contributed by atoms with van der Waals surface area (Å²) >= 11 is 0. The second-order valence-electron chi connectivity index (χ2n) is 5.69. The first kappa shape index (κ1) is 13.3. The van der Waals surface area contributed by atoms with Gasteiger partial charge in [0.1, 0.15) is 0 Å². The van der Waals surface area contributed by atoms with Gasteiger partial charge in [-0.2, -0.15) is 0 Å². The highest BCUT2D eigenvalue weighted by atomic mass is 16.5. The van der Waals surface area contributed by atoms with Crippen LogP contribution in [0.1, 0.15) is 39.0 Å². The number of ether oxygens (including phenoxy) is 1. The van der Waals surface area contributed by atoms with E-state index in [0.717, 1.165) is 25.7 Å². The van der Waals surface area contributed by atoms with E-state index in [4.69, 9.17) is 10.5 Å². The maximum absolute atomic E-state index is 6.02. The second-order valence-corrected chi connectivity index (χ2v) is 5.69. The van der Waals surface area contributed by atoms with Gasteiger partial charge < -0.3 is 10.5 Å². The summed E-state index contributed by atoms with van der Waals surface area (Å²) in [6.45, 7) is 7.49. The normalized spacial score (nSPS) is 33.5. The van der Waals surface area contributed by atoms with Gasteiger partial charge in [0.25, 0.3) is 0 Å². The van der Waals surface area contributed by atoms with E-state index in [1.165, 1.54) is 45.2 Å². The highest BCUT2D eigenvalue weighted by Crippen LogP contribution is 2.26. The van der Waals surface area contributed by atoms with Crippen molar-refractivity contribution in [2.75, 3.05) is 32.8 Å². The zero-order chi connectivity index (χ0) is 12.1. The van der Waals surface area contributed by atoms with Crippen LogP contribution in [0.15, 0.2) is 0 Å². The molecule has 0 saturated carbocycles. The molecule has 2 saturated heterocycles. The number of piperidine rings is 1. The number of hydrogen-bond acceptors (Lipinski definition) is 3. The van der Waals surface area contributed by atoms with Crippen molar-refractivity contribution in [3.8, 4) is 0 Å². The zero-order valence-corrected chi connectivity index (χ0v) is 11.2. The molecule has 0 bridgehead atoms. The number of hydrogen-bond donors (Lipinski definition) is 1. The highest BCUT2D eigenvalue weighted by Gasteiger charge is 2.31. The average Bonchev–Trinajstić information content (AvgIpc) is 2.41. The molecule has 2 fully saturated rings. The summed E-state index contributed by atoms with van der Waals surface area (Å²) in [5.41, 5.74) is 6.02. The van der Waals surface area contributed by atoms with Gasteiger partial charge in [0, 0.05) is 25.7 Å². The Labute approximate surface area is 106 Å². The van der Waals surface area contributed by atoms with E-state index in [1.54, 1.807) is 0 Å². The molecule has 3 atom stereocenters. The number of nitrogens with two attached hydrogens (primary N) is 1. The van der Waals surface area contributed by atoms with E-state index in [9.17, 15) is 0 Å². The minimum absolute atomic E-state index is 0.560. The third-order valence-electron chi connectivity index (χ3n) is 4.58. The predicted octanol–water partition coefficient (Wildman–Crippen LogP) is 1.86. The molecule has 0 radical (unpaired) electrons. The van der Waals surface area contributed by atoms with Gasteiger partial charge in [0.05, 0.1) is 6.61 Å². The SMILES string of the molecule is CCC1CCCN(C(CN)C2CCCOC2)C1. The summed E-state index contributed by atoms with van der Waals surface area (Å²) in [6, 6.07) is 0.560. The van der Waals surface area contributed by atoms with Crippen molar-refractivity contribution in [2.45, 2.75) is 45.1 Å². The summed E-state index contributed by atoms with van der Waals surface area (Å²) < 4.78 is 5.63. The third kappa shape index (κ3) is 3.43. The van der Waals surface area contributed by atoms with Crippen LogP contribution in [0.4, 0.5) is 0 Å². The summed E-state index contributed by atoms with van der Waals surface area (Å²) in [5.74, 6) is 1.56. The van der Waals surface area contributed by atoms with E-state index in [0.29, 0.717) is 12.0 Å². The smallest absolute Gasteiger partial charge is 0.0509 e. The quantitative estimate of drug-likeness (QED) is 0.815. The fraction of sp³-hybridized carbons (Fsp3) is 1.00. The van der Waals surface area contributed by atoms with Gasteiger partial charge in [-0.1, -0.05) is 13.3 Å². The first-order valence-corrected chi connectivity index (χ1v) is 7.37. The molecule has 0 aliphatic carbocycles. The molecule has 2 rings (SSSR count). The number of nitrogens with zero attached hydrogens (tertiary/aromatic N) is 1. The Morgan fingerprint density at radius 3 is 2.88 bits per heavy atom. The van der Waals surface area contributed by atoms with Crippen LogP contribution >= 0.6 is 0 Å². The zero-order valence-electron chi connectivity index (χ0n) is 11.2. The van der Waals surface area contributed by atoms with Gasteiger partial charge in [-0.15, -0.1) is 0 Å². The lowest BCUT2D eigenvalue weighted by Crippen LogP contribution is -2.51. The summed E-state index contributed by atoms with van der Waals surface area (Å²) in [4.78, 5) is 2.65. The molecule has 0 spiro atoms. The van der Waals surface area contributed by atoms with Gasteiger partial charge in [-0.25, -0.2) is 0 Å². The summed E-state index contributed by atoms with van der Waals surface area (Å²) in [6.07, 6.45) is 6.59. The maximum Gasteiger partial charge on any atom is 0.0509 e. The lowest BCUT2D eigenvalue weighted by molar-refractivity contribution is -0.000308. The van der Waals surface area contributed by atoms with E-state index < -0.39 is 0 Å². The van der Waals surface area contributed by atoms with Crippen molar-refractivity contribution in [3.63, 3.8) is 0 Å². The maximum atomic E-state index is 6.02. The Kier molecular flexibility index (Phi) is 5.26. The standard InChI is InChI=1S/C14H28N2O/c1-2-12-5-3-7-16(10-12)14(9-15)13-6-4-8-17-11-13/h12-14H,2-11,15H2,1H3. The Morgan fingerprint density at radius 1 is 1.35 bits per heavy atom. The number of likely N-dealkylation sites (tertiary alicyclic amines) is 1. The molecule has 2 aliphatic rings. The van der Waals surface area contributed by atoms with Crippen LogP contribution in [0.25, 0.3) is 0 Å². The molecule has 3 unspecified atom stereocenters. The van der Waals surface area contributed by atoms with Gasteiger partial charge in [-0.3, -0.25) is 4.90 Å². The fourth-order valence-corrected chi connectivity index (χ4v) is 3.44. The van der Waals surface area contributed by atoms with Gasteiger partial charge in [0.2, 0.25) is 0 Å². The van der Waals surface area contributed by atoms with E-state index in [1.807, 2.05) is 0 Å². The monoisotopic (exact) mass is 240 g/mol. The molecule has 0 aromatic heterocycles. The Balaban J connectivity index is 1.91. The van der Waals surface area contributed by atoms with Crippen molar-refractivity contribution in [1.82, 2.24) is 4.90 Å². The first-order valence-electron chi connectivity index (χ1n) is 7.37. The highest BCUT2D eigenvalue weighted by molar-refractivity contribution is 4.85. The summed E-state index contributed by atoms with van der Waals surface area (Å²) in [5, 5.41) is 0. The molecular weight excluding hydrogens is 212 g/mol. The molecule has 2 N–H and O–H groups in total. The summed E-state index contributed by atoms with van der Waals surface area (Å²) in [7, 11) is 0. The Morgan fingerprint density at radius 2 is 2.24 bits per heavy atom. The molecule has 0 amide bonds. The van der Waals surface area contributed by atoms with Crippen molar-refractivity contribution in [2.24, 2.45) is 17.6 Å². The number of rotatable bonds is 4. The van der Waals surface area contributed by atoms with Crippen LogP contribution in [0.3, 0.4) is 0 Å². The van der Waals surface area contributed by atoms with Gasteiger partial charge >= 0.3 is 0 Å². The van der Waals surface area contributed by atoms with Crippen LogP contribution in [0.5, 0.6) is 0 Å². The van der Waals surface area contributed by atoms with E-state index in [2.05, 4.69) is 11.8 Å². The van der Waals surface area contributed by atoms with Crippen LogP contribution in [-0.2, 0) is 4.74 Å². The predicted molar refractivity (Wildman–Crippen MR) is 71.0 cm³/mol. The first-order chi connectivity index (χ1) is 8.35. The molecule has 3 nitrogen and oxygen atoms in total. The van der Waals surface area contributed by atoms with E-state index >= 15 is 0 Å². The third-order valence-corrected chi connectivity index (χ3v) is 4.58. The molecule has 2 aliphatic heterocycles. The lowest BCUT2D eigenvalue weighted by atomic mass is 9.88. The topological polar surface area (TPSA) is 38.5 Å². The Hall–Kier alpha value is -0.120. The lowest BCUT2D eigenvalue weighted by Gasteiger charge is -2.42.